The van der Waals surface area contributed by atoms with Crippen LogP contribution in [0.15, 0.2) is 6.33 Å². The number of anilines is 1. The van der Waals surface area contributed by atoms with Gasteiger partial charge in [0.25, 0.3) is 0 Å². The lowest BCUT2D eigenvalue weighted by Gasteiger charge is -2.04. The Morgan fingerprint density at radius 1 is 1.31 bits per heavy atom. The van der Waals surface area contributed by atoms with Gasteiger partial charge in [-0.3, -0.25) is 4.98 Å². The van der Waals surface area contributed by atoms with Gasteiger partial charge >= 0.3 is 0 Å². The molecule has 4 heteroatoms. The largest absolute Gasteiger partial charge is 0.395 e. The zero-order chi connectivity index (χ0) is 9.59. The summed E-state index contributed by atoms with van der Waals surface area (Å²) in [6.07, 6.45) is 1.76. The average Bonchev–Trinajstić information content (AvgIpc) is 2.44. The third kappa shape index (κ3) is 0.983. The molecule has 4 nitrogen and oxygen atoms in total. The predicted molar refractivity (Wildman–Crippen MR) is 52.4 cm³/mol. The SMILES string of the molecule is Cc1nc(C)c2ncn(C)c2c1N. The highest BCUT2D eigenvalue weighted by atomic mass is 15.0. The third-order valence-corrected chi connectivity index (χ3v) is 2.26. The maximum atomic E-state index is 5.91. The van der Waals surface area contributed by atoms with E-state index in [0.29, 0.717) is 0 Å². The van der Waals surface area contributed by atoms with E-state index in [1.54, 1.807) is 6.33 Å². The molecule has 0 aliphatic carbocycles. The fourth-order valence-electron chi connectivity index (χ4n) is 1.55. The Bertz CT molecular complexity index is 470. The van der Waals surface area contributed by atoms with Crippen molar-refractivity contribution in [2.24, 2.45) is 7.05 Å². The third-order valence-electron chi connectivity index (χ3n) is 2.26. The second kappa shape index (κ2) is 2.45. The first kappa shape index (κ1) is 8.04. The quantitative estimate of drug-likeness (QED) is 0.655. The molecule has 0 fully saturated rings. The lowest BCUT2D eigenvalue weighted by atomic mass is 10.2. The minimum absolute atomic E-state index is 0.723. The summed E-state index contributed by atoms with van der Waals surface area (Å²) in [7, 11) is 1.94. The Morgan fingerprint density at radius 3 is 2.69 bits per heavy atom. The molecule has 0 amide bonds. The second-order valence-corrected chi connectivity index (χ2v) is 3.25. The molecule has 0 saturated heterocycles. The average molecular weight is 176 g/mol. The van der Waals surface area contributed by atoms with E-state index in [2.05, 4.69) is 9.97 Å². The van der Waals surface area contributed by atoms with Crippen molar-refractivity contribution in [3.05, 3.63) is 17.7 Å². The normalized spacial score (nSPS) is 11.0. The number of nitrogens with two attached hydrogens (primary N) is 1. The maximum absolute atomic E-state index is 5.91. The van der Waals surface area contributed by atoms with Gasteiger partial charge in [-0.05, 0) is 13.8 Å². The van der Waals surface area contributed by atoms with Crippen molar-refractivity contribution in [2.45, 2.75) is 13.8 Å². The molecule has 68 valence electrons. The van der Waals surface area contributed by atoms with Gasteiger partial charge in [-0.2, -0.15) is 0 Å². The number of nitrogens with zero attached hydrogens (tertiary/aromatic N) is 3. The number of aryl methyl sites for hydroxylation is 3. The zero-order valence-corrected chi connectivity index (χ0v) is 8.00. The molecule has 0 radical (unpaired) electrons. The van der Waals surface area contributed by atoms with Gasteiger partial charge in [0, 0.05) is 7.05 Å². The van der Waals surface area contributed by atoms with Crippen LogP contribution in [0.5, 0.6) is 0 Å². The van der Waals surface area contributed by atoms with E-state index < -0.39 is 0 Å². The Labute approximate surface area is 76.4 Å². The molecule has 2 aromatic heterocycles. The van der Waals surface area contributed by atoms with Crippen molar-refractivity contribution in [3.8, 4) is 0 Å². The van der Waals surface area contributed by atoms with Gasteiger partial charge in [0.2, 0.25) is 0 Å². The summed E-state index contributed by atoms with van der Waals surface area (Å²) in [6, 6.07) is 0. The highest BCUT2D eigenvalue weighted by molar-refractivity contribution is 5.89. The number of aromatic nitrogens is 3. The van der Waals surface area contributed by atoms with Crippen molar-refractivity contribution >= 4 is 16.7 Å². The number of imidazole rings is 1. The lowest BCUT2D eigenvalue weighted by molar-refractivity contribution is 0.947. The Hall–Kier alpha value is -1.58. The van der Waals surface area contributed by atoms with Gasteiger partial charge in [0.15, 0.2) is 0 Å². The lowest BCUT2D eigenvalue weighted by Crippen LogP contribution is -1.99. The number of hydrogen-bond acceptors (Lipinski definition) is 3. The zero-order valence-electron chi connectivity index (χ0n) is 8.00. The molecule has 0 aliphatic heterocycles. The van der Waals surface area contributed by atoms with E-state index in [0.717, 1.165) is 28.1 Å². The molecule has 13 heavy (non-hydrogen) atoms. The standard InChI is InChI=1S/C9H12N4/c1-5-7(10)9-8(6(2)12-5)11-4-13(9)3/h4H,10H2,1-3H3. The van der Waals surface area contributed by atoms with Crippen LogP contribution >= 0.6 is 0 Å². The molecular weight excluding hydrogens is 164 g/mol. The fraction of sp³-hybridized carbons (Fsp3) is 0.333. The van der Waals surface area contributed by atoms with Crippen LogP contribution in [-0.2, 0) is 7.05 Å². The van der Waals surface area contributed by atoms with Crippen molar-refractivity contribution in [1.29, 1.82) is 0 Å². The molecule has 2 aromatic rings. The molecule has 0 spiro atoms. The van der Waals surface area contributed by atoms with Crippen LogP contribution in [0.3, 0.4) is 0 Å². The first-order chi connectivity index (χ1) is 6.11. The van der Waals surface area contributed by atoms with Crippen LogP contribution in [-0.4, -0.2) is 14.5 Å². The van der Waals surface area contributed by atoms with Crippen LogP contribution < -0.4 is 5.73 Å². The summed E-state index contributed by atoms with van der Waals surface area (Å²) in [5.41, 5.74) is 10.3. The van der Waals surface area contributed by atoms with Crippen molar-refractivity contribution in [2.75, 3.05) is 5.73 Å². The predicted octanol–water partition coefficient (Wildman–Crippen LogP) is 1.17. The van der Waals surface area contributed by atoms with E-state index in [4.69, 9.17) is 5.73 Å². The first-order valence-electron chi connectivity index (χ1n) is 4.15. The second-order valence-electron chi connectivity index (χ2n) is 3.25. The maximum Gasteiger partial charge on any atom is 0.112 e. The van der Waals surface area contributed by atoms with Gasteiger partial charge < -0.3 is 10.3 Å². The van der Waals surface area contributed by atoms with Crippen molar-refractivity contribution < 1.29 is 0 Å². The molecule has 0 bridgehead atoms. The molecule has 0 atom stereocenters. The summed E-state index contributed by atoms with van der Waals surface area (Å²) in [6.45, 7) is 3.86. The summed E-state index contributed by atoms with van der Waals surface area (Å²) in [4.78, 5) is 8.55. The minimum atomic E-state index is 0.723. The monoisotopic (exact) mass is 176 g/mol. The molecule has 2 N–H and O–H groups in total. The van der Waals surface area contributed by atoms with Crippen molar-refractivity contribution in [1.82, 2.24) is 14.5 Å². The molecule has 0 aromatic carbocycles. The summed E-state index contributed by atoms with van der Waals surface area (Å²) < 4.78 is 1.92. The smallest absolute Gasteiger partial charge is 0.112 e. The summed E-state index contributed by atoms with van der Waals surface area (Å²) in [5, 5.41) is 0. The Kier molecular flexibility index (Phi) is 1.52. The van der Waals surface area contributed by atoms with E-state index in [-0.39, 0.29) is 0 Å². The van der Waals surface area contributed by atoms with E-state index in [1.807, 2.05) is 25.5 Å². The topological polar surface area (TPSA) is 56.7 Å². The van der Waals surface area contributed by atoms with E-state index >= 15 is 0 Å². The Balaban J connectivity index is 3.00. The van der Waals surface area contributed by atoms with Crippen LogP contribution in [0.4, 0.5) is 5.69 Å². The van der Waals surface area contributed by atoms with Gasteiger partial charge in [-0.15, -0.1) is 0 Å². The molecule has 2 rings (SSSR count). The van der Waals surface area contributed by atoms with Gasteiger partial charge in [0.05, 0.1) is 28.9 Å². The fourth-order valence-corrected chi connectivity index (χ4v) is 1.55. The van der Waals surface area contributed by atoms with Crippen LogP contribution in [0.25, 0.3) is 11.0 Å². The number of hydrogen-bond donors (Lipinski definition) is 1. The number of fused-ring (bicyclic) bond motifs is 1. The molecule has 0 saturated carbocycles. The minimum Gasteiger partial charge on any atom is -0.395 e. The number of nitrogen functional groups attached to an aromatic ring is 1. The van der Waals surface area contributed by atoms with Gasteiger partial charge in [-0.25, -0.2) is 4.98 Å². The molecular formula is C9H12N4. The van der Waals surface area contributed by atoms with Crippen LogP contribution in [0, 0.1) is 13.8 Å². The van der Waals surface area contributed by atoms with Crippen LogP contribution in [0.2, 0.25) is 0 Å². The number of rotatable bonds is 0. The highest BCUT2D eigenvalue weighted by Gasteiger charge is 2.09. The van der Waals surface area contributed by atoms with E-state index in [9.17, 15) is 0 Å². The number of pyridine rings is 1. The Morgan fingerprint density at radius 2 is 2.00 bits per heavy atom. The summed E-state index contributed by atoms with van der Waals surface area (Å²) in [5.74, 6) is 0. The first-order valence-corrected chi connectivity index (χ1v) is 4.15. The molecule has 0 aliphatic rings. The molecule has 2 heterocycles. The van der Waals surface area contributed by atoms with Gasteiger partial charge in [-0.1, -0.05) is 0 Å². The molecule has 0 unspecified atom stereocenters. The van der Waals surface area contributed by atoms with Crippen LogP contribution in [0.1, 0.15) is 11.4 Å². The summed E-state index contributed by atoms with van der Waals surface area (Å²) >= 11 is 0. The highest BCUT2D eigenvalue weighted by Crippen LogP contribution is 2.23. The van der Waals surface area contributed by atoms with Gasteiger partial charge in [0.1, 0.15) is 5.52 Å². The van der Waals surface area contributed by atoms with Crippen molar-refractivity contribution in [3.63, 3.8) is 0 Å². The van der Waals surface area contributed by atoms with E-state index in [1.165, 1.54) is 0 Å².